The Labute approximate surface area is 106 Å². The van der Waals surface area contributed by atoms with Crippen molar-refractivity contribution in [3.05, 3.63) is 22.2 Å². The summed E-state index contributed by atoms with van der Waals surface area (Å²) in [6.45, 7) is 2.94. The van der Waals surface area contributed by atoms with Gasteiger partial charge in [-0.05, 0) is 6.42 Å². The molecule has 0 amide bonds. The van der Waals surface area contributed by atoms with Gasteiger partial charge in [0.2, 0.25) is 0 Å². The van der Waals surface area contributed by atoms with E-state index in [4.69, 9.17) is 0 Å². The minimum absolute atomic E-state index is 0.128. The highest BCUT2D eigenvalue weighted by Gasteiger charge is 2.20. The molecule has 0 saturated carbocycles. The Balaban J connectivity index is 2.26. The number of aryl methyl sites for hydroxylation is 1. The van der Waals surface area contributed by atoms with E-state index < -0.39 is 9.84 Å². The molecule has 1 fully saturated rings. The van der Waals surface area contributed by atoms with Crippen LogP contribution in [0.3, 0.4) is 0 Å². The highest BCUT2D eigenvalue weighted by atomic mass is 32.2. The molecule has 0 radical (unpaired) electrons. The number of rotatable bonds is 2. The third-order valence-electron chi connectivity index (χ3n) is 2.99. The molecule has 1 aliphatic heterocycles. The normalized spacial score (nSPS) is 19.5. The van der Waals surface area contributed by atoms with Crippen molar-refractivity contribution < 1.29 is 8.42 Å². The van der Waals surface area contributed by atoms with Gasteiger partial charge < -0.3 is 9.88 Å². The first-order chi connectivity index (χ1) is 8.50. The molecule has 0 unspecified atom stereocenters. The van der Waals surface area contributed by atoms with E-state index in [1.807, 2.05) is 11.8 Å². The van der Waals surface area contributed by atoms with Crippen LogP contribution in [0.2, 0.25) is 0 Å². The van der Waals surface area contributed by atoms with Gasteiger partial charge in [0.25, 0.3) is 5.56 Å². The molecule has 2 heterocycles. The zero-order valence-corrected chi connectivity index (χ0v) is 11.2. The van der Waals surface area contributed by atoms with E-state index >= 15 is 0 Å². The van der Waals surface area contributed by atoms with Crippen LogP contribution < -0.4 is 10.5 Å². The predicted molar refractivity (Wildman–Crippen MR) is 69.7 cm³/mol. The summed E-state index contributed by atoms with van der Waals surface area (Å²) < 4.78 is 23.0. The Morgan fingerprint density at radius 3 is 2.89 bits per heavy atom. The van der Waals surface area contributed by atoms with Crippen molar-refractivity contribution >= 4 is 15.7 Å². The van der Waals surface area contributed by atoms with Crippen molar-refractivity contribution in [2.45, 2.75) is 19.8 Å². The number of hydrogen-bond acceptors (Lipinski definition) is 5. The number of nitrogens with zero attached hydrogens (tertiary/aromatic N) is 2. The van der Waals surface area contributed by atoms with Crippen LogP contribution in [-0.4, -0.2) is 43.0 Å². The van der Waals surface area contributed by atoms with Crippen LogP contribution in [0.1, 0.15) is 19.2 Å². The molecular weight excluding hydrogens is 254 g/mol. The van der Waals surface area contributed by atoms with E-state index in [0.29, 0.717) is 37.6 Å². The summed E-state index contributed by atoms with van der Waals surface area (Å²) in [5, 5.41) is 0. The molecule has 1 N–H and O–H groups in total. The number of anilines is 1. The van der Waals surface area contributed by atoms with Crippen molar-refractivity contribution in [2.24, 2.45) is 0 Å². The van der Waals surface area contributed by atoms with Crippen molar-refractivity contribution in [1.29, 1.82) is 0 Å². The molecule has 1 aromatic heterocycles. The van der Waals surface area contributed by atoms with Crippen LogP contribution >= 0.6 is 0 Å². The van der Waals surface area contributed by atoms with Crippen molar-refractivity contribution in [1.82, 2.24) is 9.97 Å². The number of hydrogen-bond donors (Lipinski definition) is 1. The number of nitrogens with one attached hydrogen (secondary N) is 1. The molecule has 6 nitrogen and oxygen atoms in total. The second kappa shape index (κ2) is 5.09. The lowest BCUT2D eigenvalue weighted by Crippen LogP contribution is -2.29. The topological polar surface area (TPSA) is 83.1 Å². The van der Waals surface area contributed by atoms with E-state index in [1.165, 1.54) is 6.07 Å². The summed E-state index contributed by atoms with van der Waals surface area (Å²) in [5.74, 6) is 1.55. The number of aromatic nitrogens is 2. The summed E-state index contributed by atoms with van der Waals surface area (Å²) in [6, 6.07) is 1.43. The summed E-state index contributed by atoms with van der Waals surface area (Å²) in [5.41, 5.74) is -0.191. The molecule has 18 heavy (non-hydrogen) atoms. The Morgan fingerprint density at radius 2 is 2.17 bits per heavy atom. The van der Waals surface area contributed by atoms with Gasteiger partial charge in [-0.1, -0.05) is 6.92 Å². The lowest BCUT2D eigenvalue weighted by molar-refractivity contribution is 0.597. The summed E-state index contributed by atoms with van der Waals surface area (Å²) >= 11 is 0. The summed E-state index contributed by atoms with van der Waals surface area (Å²) in [7, 11) is -2.94. The Hall–Kier alpha value is -1.37. The van der Waals surface area contributed by atoms with E-state index in [0.717, 1.165) is 0 Å². The van der Waals surface area contributed by atoms with Crippen LogP contribution in [-0.2, 0) is 16.3 Å². The van der Waals surface area contributed by atoms with Gasteiger partial charge in [-0.3, -0.25) is 4.79 Å². The zero-order valence-electron chi connectivity index (χ0n) is 10.3. The van der Waals surface area contributed by atoms with Crippen molar-refractivity contribution in [2.75, 3.05) is 29.5 Å². The first-order valence-corrected chi connectivity index (χ1v) is 7.88. The average Bonchev–Trinajstić information content (AvgIpc) is 2.49. The molecule has 0 spiro atoms. The molecule has 0 bridgehead atoms. The summed E-state index contributed by atoms with van der Waals surface area (Å²) in [6.07, 6.45) is 1.23. The summed E-state index contributed by atoms with van der Waals surface area (Å²) in [4.78, 5) is 20.4. The van der Waals surface area contributed by atoms with Crippen LogP contribution in [0, 0.1) is 0 Å². The first kappa shape index (κ1) is 13.1. The standard InChI is InChI=1S/C11H17N3O3S/c1-2-9-12-10(8-11(15)13-9)14-4-3-6-18(16,17)7-5-14/h8H,2-7H2,1H3,(H,12,13,15). The van der Waals surface area contributed by atoms with Gasteiger partial charge in [0, 0.05) is 25.6 Å². The zero-order chi connectivity index (χ0) is 13.2. The lowest BCUT2D eigenvalue weighted by atomic mass is 10.3. The van der Waals surface area contributed by atoms with Crippen LogP contribution in [0.5, 0.6) is 0 Å². The smallest absolute Gasteiger partial charge is 0.252 e. The van der Waals surface area contributed by atoms with Gasteiger partial charge in [0.05, 0.1) is 11.5 Å². The highest BCUT2D eigenvalue weighted by molar-refractivity contribution is 7.91. The van der Waals surface area contributed by atoms with E-state index in [2.05, 4.69) is 9.97 Å². The molecule has 0 aromatic carbocycles. The Bertz CT molecular complexity index is 579. The minimum atomic E-state index is -2.94. The molecule has 0 aliphatic carbocycles. The fraction of sp³-hybridized carbons (Fsp3) is 0.636. The third kappa shape index (κ3) is 3.10. The molecular formula is C11H17N3O3S. The van der Waals surface area contributed by atoms with E-state index in [-0.39, 0.29) is 17.1 Å². The maximum atomic E-state index is 11.5. The van der Waals surface area contributed by atoms with Gasteiger partial charge >= 0.3 is 0 Å². The molecule has 1 saturated heterocycles. The highest BCUT2D eigenvalue weighted by Crippen LogP contribution is 2.13. The molecule has 1 aliphatic rings. The molecule has 0 atom stereocenters. The Morgan fingerprint density at radius 1 is 1.39 bits per heavy atom. The van der Waals surface area contributed by atoms with Crippen LogP contribution in [0.15, 0.2) is 10.9 Å². The quantitative estimate of drug-likeness (QED) is 0.816. The second-order valence-corrected chi connectivity index (χ2v) is 6.70. The maximum absolute atomic E-state index is 11.5. The van der Waals surface area contributed by atoms with Crippen LogP contribution in [0.25, 0.3) is 0 Å². The van der Waals surface area contributed by atoms with Gasteiger partial charge in [-0.25, -0.2) is 13.4 Å². The van der Waals surface area contributed by atoms with Gasteiger partial charge in [0.15, 0.2) is 9.84 Å². The fourth-order valence-electron chi connectivity index (χ4n) is 1.99. The second-order valence-electron chi connectivity index (χ2n) is 4.40. The largest absolute Gasteiger partial charge is 0.355 e. The van der Waals surface area contributed by atoms with Gasteiger partial charge in [-0.2, -0.15) is 0 Å². The lowest BCUT2D eigenvalue weighted by Gasteiger charge is -2.20. The van der Waals surface area contributed by atoms with Crippen molar-refractivity contribution in [3.8, 4) is 0 Å². The molecule has 7 heteroatoms. The van der Waals surface area contributed by atoms with E-state index in [1.54, 1.807) is 0 Å². The molecule has 1 aromatic rings. The first-order valence-electron chi connectivity index (χ1n) is 6.06. The number of H-pyrrole nitrogens is 1. The van der Waals surface area contributed by atoms with Crippen LogP contribution in [0.4, 0.5) is 5.82 Å². The van der Waals surface area contributed by atoms with Gasteiger partial charge in [-0.15, -0.1) is 0 Å². The third-order valence-corrected chi connectivity index (χ3v) is 4.71. The average molecular weight is 271 g/mol. The molecule has 100 valence electrons. The fourth-order valence-corrected chi connectivity index (χ4v) is 3.26. The predicted octanol–water partition coefficient (Wildman–Crippen LogP) is -0.0428. The maximum Gasteiger partial charge on any atom is 0.252 e. The minimum Gasteiger partial charge on any atom is -0.355 e. The van der Waals surface area contributed by atoms with Crippen molar-refractivity contribution in [3.63, 3.8) is 0 Å². The van der Waals surface area contributed by atoms with Gasteiger partial charge in [0.1, 0.15) is 11.6 Å². The Kier molecular flexibility index (Phi) is 3.70. The monoisotopic (exact) mass is 271 g/mol. The van der Waals surface area contributed by atoms with E-state index in [9.17, 15) is 13.2 Å². The molecule has 2 rings (SSSR count). The SMILES string of the molecule is CCc1nc(N2CCCS(=O)(=O)CC2)cc(=O)[nH]1. The number of aromatic amines is 1. The number of sulfone groups is 1.